The first kappa shape index (κ1) is 37.5. The first-order valence-electron chi connectivity index (χ1n) is 17.4. The molecule has 52 heavy (non-hydrogen) atoms. The van der Waals surface area contributed by atoms with E-state index in [9.17, 15) is 5.11 Å². The lowest BCUT2D eigenvalue weighted by Gasteiger charge is -2.11. The molecule has 7 rings (SSSR count). The van der Waals surface area contributed by atoms with Crippen LogP contribution in [-0.2, 0) is 39.1 Å². The van der Waals surface area contributed by atoms with E-state index < -0.39 is 0 Å². The van der Waals surface area contributed by atoms with Crippen LogP contribution in [0, 0.1) is 0 Å². The third-order valence-electron chi connectivity index (χ3n) is 8.47. The van der Waals surface area contributed by atoms with E-state index in [1.807, 2.05) is 91.3 Å². The number of hydrogen-bond acceptors (Lipinski definition) is 10. The van der Waals surface area contributed by atoms with Crippen LogP contribution in [0.3, 0.4) is 0 Å². The molecule has 3 aromatic carbocycles. The Labute approximate surface area is 305 Å². The fourth-order valence-electron chi connectivity index (χ4n) is 5.74. The van der Waals surface area contributed by atoms with E-state index in [1.165, 1.54) is 16.7 Å². The molecule has 0 aliphatic rings. The molecule has 4 heterocycles. The van der Waals surface area contributed by atoms with Gasteiger partial charge in [0.15, 0.2) is 34.0 Å². The maximum atomic E-state index is 9.21. The van der Waals surface area contributed by atoms with Gasteiger partial charge < -0.3 is 29.1 Å². The van der Waals surface area contributed by atoms with Crippen molar-refractivity contribution in [2.45, 2.75) is 53.0 Å². The summed E-state index contributed by atoms with van der Waals surface area (Å²) in [5.74, 6) is 1.66. The smallest absolute Gasteiger partial charge is 0.165 e. The molecule has 0 amide bonds. The molecule has 0 aliphatic carbocycles. The molecule has 4 aromatic heterocycles. The van der Waals surface area contributed by atoms with Gasteiger partial charge in [0.05, 0.1) is 39.0 Å². The number of rotatable bonds is 10. The lowest BCUT2D eigenvalue weighted by atomic mass is 10.1. The first-order valence-corrected chi connectivity index (χ1v) is 17.4. The lowest BCUT2D eigenvalue weighted by Crippen LogP contribution is -2.11. The summed E-state index contributed by atoms with van der Waals surface area (Å²) in [6, 6.07) is 24.5. The van der Waals surface area contributed by atoms with Crippen molar-refractivity contribution in [1.82, 2.24) is 39.0 Å². The highest BCUT2D eigenvalue weighted by Gasteiger charge is 2.13. The van der Waals surface area contributed by atoms with Crippen LogP contribution in [0.5, 0.6) is 0 Å². The molecule has 0 bridgehead atoms. The molecule has 12 heteroatoms. The number of aryl methyl sites for hydroxylation is 2. The molecule has 0 aliphatic heterocycles. The van der Waals surface area contributed by atoms with Gasteiger partial charge in [-0.05, 0) is 46.2 Å². The highest BCUT2D eigenvalue weighted by Crippen LogP contribution is 2.22. The average molecular weight is 701 g/mol. The molecule has 0 fully saturated rings. The number of benzene rings is 3. The maximum Gasteiger partial charge on any atom is 0.165 e. The predicted octanol–water partition coefficient (Wildman–Crippen LogP) is 5.68. The zero-order valence-electron chi connectivity index (χ0n) is 30.8. The summed E-state index contributed by atoms with van der Waals surface area (Å²) in [5.41, 5.74) is 10.2. The van der Waals surface area contributed by atoms with E-state index in [2.05, 4.69) is 78.7 Å². The van der Waals surface area contributed by atoms with E-state index in [1.54, 1.807) is 19.0 Å². The van der Waals surface area contributed by atoms with Crippen LogP contribution in [0.2, 0.25) is 0 Å². The van der Waals surface area contributed by atoms with Crippen molar-refractivity contribution in [3.8, 4) is 0 Å². The number of aliphatic hydroxyl groups is 2. The third kappa shape index (κ3) is 9.33. The van der Waals surface area contributed by atoms with Crippen LogP contribution in [0.25, 0.3) is 22.3 Å². The Morgan fingerprint density at radius 1 is 0.500 bits per heavy atom. The molecular formula is C40H48N10O2. The molecule has 0 radical (unpaired) electrons. The Hall–Kier alpha value is -5.72. The Morgan fingerprint density at radius 3 is 1.25 bits per heavy atom. The minimum atomic E-state index is 0.0471. The summed E-state index contributed by atoms with van der Waals surface area (Å²) >= 11 is 0. The number of fused-ring (bicyclic) bond motifs is 2. The zero-order valence-corrected chi connectivity index (χ0v) is 30.8. The summed E-state index contributed by atoms with van der Waals surface area (Å²) in [6.07, 6.45) is 8.85. The Morgan fingerprint density at radius 2 is 0.865 bits per heavy atom. The Kier molecular flexibility index (Phi) is 13.0. The quantitative estimate of drug-likeness (QED) is 0.184. The summed E-state index contributed by atoms with van der Waals surface area (Å²) < 4.78 is 4.05. The normalized spacial score (nSPS) is 10.8. The van der Waals surface area contributed by atoms with Gasteiger partial charge in [-0.1, -0.05) is 86.6 Å². The van der Waals surface area contributed by atoms with E-state index in [4.69, 9.17) is 5.11 Å². The number of aromatic nitrogens is 8. The lowest BCUT2D eigenvalue weighted by molar-refractivity contribution is 0.281. The predicted molar refractivity (Wildman–Crippen MR) is 207 cm³/mol. The largest absolute Gasteiger partial charge is 0.392 e. The average Bonchev–Trinajstić information content (AvgIpc) is 3.79. The zero-order chi connectivity index (χ0) is 37.0. The number of hydrogen-bond donors (Lipinski definition) is 2. The second kappa shape index (κ2) is 18.0. The van der Waals surface area contributed by atoms with Gasteiger partial charge >= 0.3 is 0 Å². The Balaban J connectivity index is 0.000000161. The fourth-order valence-corrected chi connectivity index (χ4v) is 5.74. The van der Waals surface area contributed by atoms with E-state index in [0.29, 0.717) is 6.54 Å². The van der Waals surface area contributed by atoms with Gasteiger partial charge in [0.1, 0.15) is 12.7 Å². The number of anilines is 2. The molecule has 0 saturated carbocycles. The highest BCUT2D eigenvalue weighted by molar-refractivity contribution is 5.83. The fraction of sp³-hybridized carbons (Fsp3) is 0.300. The van der Waals surface area contributed by atoms with Gasteiger partial charge in [-0.3, -0.25) is 0 Å². The van der Waals surface area contributed by atoms with Crippen LogP contribution >= 0.6 is 0 Å². The molecule has 0 unspecified atom stereocenters. The number of aliphatic hydroxyl groups excluding tert-OH is 2. The highest BCUT2D eigenvalue weighted by atomic mass is 16.3. The van der Waals surface area contributed by atoms with Crippen molar-refractivity contribution in [3.63, 3.8) is 0 Å². The van der Waals surface area contributed by atoms with Crippen molar-refractivity contribution in [3.05, 3.63) is 131 Å². The summed E-state index contributed by atoms with van der Waals surface area (Å²) in [6.45, 7) is 5.90. The number of imidazole rings is 2. The molecule has 0 atom stereocenters. The van der Waals surface area contributed by atoms with Crippen LogP contribution < -0.4 is 9.80 Å². The van der Waals surface area contributed by atoms with Crippen molar-refractivity contribution in [2.75, 3.05) is 38.0 Å². The second-order valence-electron chi connectivity index (χ2n) is 12.8. The molecule has 0 spiro atoms. The molecule has 2 N–H and O–H groups in total. The van der Waals surface area contributed by atoms with Crippen LogP contribution in [-0.4, -0.2) is 77.4 Å². The van der Waals surface area contributed by atoms with Crippen molar-refractivity contribution >= 4 is 34.0 Å². The summed E-state index contributed by atoms with van der Waals surface area (Å²) in [5, 5.41) is 18.0. The van der Waals surface area contributed by atoms with Gasteiger partial charge in [-0.25, -0.2) is 29.9 Å². The van der Waals surface area contributed by atoms with Crippen LogP contribution in [0.4, 0.5) is 11.6 Å². The molecule has 12 nitrogen and oxygen atoms in total. The van der Waals surface area contributed by atoms with Gasteiger partial charge in [-0.2, -0.15) is 0 Å². The summed E-state index contributed by atoms with van der Waals surface area (Å²) in [4.78, 5) is 30.1. The molecule has 7 aromatic rings. The van der Waals surface area contributed by atoms with Crippen LogP contribution in [0.1, 0.15) is 47.2 Å². The monoisotopic (exact) mass is 700 g/mol. The SMILES string of the molecule is CCc1cccc(CO)c1.CCc1cccc(Cn2cnc3c(N(C)C)ncnc32)c1.CN(C)c1ncnc2c1ncn2Cc1cccc(CO)c1. The number of nitrogens with zero attached hydrogens (tertiary/aromatic N) is 10. The van der Waals surface area contributed by atoms with Gasteiger partial charge in [0.2, 0.25) is 0 Å². The third-order valence-corrected chi connectivity index (χ3v) is 8.47. The van der Waals surface area contributed by atoms with E-state index >= 15 is 0 Å². The van der Waals surface area contributed by atoms with Crippen molar-refractivity contribution < 1.29 is 10.2 Å². The van der Waals surface area contributed by atoms with E-state index in [-0.39, 0.29) is 13.2 Å². The van der Waals surface area contributed by atoms with Gasteiger partial charge in [0.25, 0.3) is 0 Å². The molecule has 270 valence electrons. The Bertz CT molecular complexity index is 2040. The topological polar surface area (TPSA) is 134 Å². The minimum Gasteiger partial charge on any atom is -0.392 e. The standard InChI is InChI=1S/C16H19N5.C15H17N5O.C9H12O/c1-4-12-6-5-7-13(8-12)9-21-11-19-14-15(20(2)3)17-10-18-16(14)21;1-19(2)14-13-15(17-9-16-14)20(10-18-13)7-11-4-3-5-12(6-11)8-21;1-2-8-4-3-5-9(6-8)7-10/h5-8,10-11H,4,9H2,1-3H3;3-6,9-10,21H,7-8H2,1-2H3;3-6,10H,2,7H2,1H3. The van der Waals surface area contributed by atoms with Gasteiger partial charge in [-0.15, -0.1) is 0 Å². The maximum absolute atomic E-state index is 9.21. The van der Waals surface area contributed by atoms with Crippen LogP contribution in [0.15, 0.2) is 98.1 Å². The second-order valence-corrected chi connectivity index (χ2v) is 12.8. The van der Waals surface area contributed by atoms with Gasteiger partial charge in [0, 0.05) is 28.2 Å². The minimum absolute atomic E-state index is 0.0471. The van der Waals surface area contributed by atoms with E-state index in [0.717, 1.165) is 70.0 Å². The van der Waals surface area contributed by atoms with Crippen molar-refractivity contribution in [1.29, 1.82) is 0 Å². The summed E-state index contributed by atoms with van der Waals surface area (Å²) in [7, 11) is 7.80. The van der Waals surface area contributed by atoms with Crippen molar-refractivity contribution in [2.24, 2.45) is 0 Å². The molecule has 0 saturated heterocycles. The molecular weight excluding hydrogens is 653 g/mol. The first-order chi connectivity index (χ1) is 25.2.